The van der Waals surface area contributed by atoms with Crippen molar-refractivity contribution in [2.45, 2.75) is 13.5 Å². The van der Waals surface area contributed by atoms with Gasteiger partial charge in [0.2, 0.25) is 0 Å². The van der Waals surface area contributed by atoms with Gasteiger partial charge in [-0.05, 0) is 13.0 Å². The fourth-order valence-electron chi connectivity index (χ4n) is 1.16. The third-order valence-corrected chi connectivity index (χ3v) is 1.68. The number of benzene rings is 1. The lowest BCUT2D eigenvalue weighted by Crippen LogP contribution is -2.00. The van der Waals surface area contributed by atoms with Crippen molar-refractivity contribution < 1.29 is 4.74 Å². The van der Waals surface area contributed by atoms with E-state index < -0.39 is 0 Å². The Balaban J connectivity index is 2.77. The zero-order valence-corrected chi connectivity index (χ0v) is 7.63. The fraction of sp³-hybridized carbons (Fsp3) is 0.400. The van der Waals surface area contributed by atoms with Crippen LogP contribution in [0.1, 0.15) is 12.5 Å². The number of para-hydroxylation sites is 1. The molecule has 0 saturated heterocycles. The average molecular weight is 165 g/mol. The fourth-order valence-corrected chi connectivity index (χ4v) is 1.16. The standard InChI is InChI=1S/C10H15NO/c1-3-11-10-7-5-4-6-9(10)8-12-2/h4-7,11H,3,8H2,1-2H3. The molecule has 1 rings (SSSR count). The number of hydrogen-bond donors (Lipinski definition) is 1. The van der Waals surface area contributed by atoms with Crippen LogP contribution in [0.4, 0.5) is 5.69 Å². The van der Waals surface area contributed by atoms with Gasteiger partial charge >= 0.3 is 0 Å². The second-order valence-corrected chi connectivity index (χ2v) is 2.62. The van der Waals surface area contributed by atoms with Gasteiger partial charge in [0, 0.05) is 24.9 Å². The van der Waals surface area contributed by atoms with E-state index in [1.807, 2.05) is 12.1 Å². The highest BCUT2D eigenvalue weighted by molar-refractivity contribution is 5.50. The van der Waals surface area contributed by atoms with Gasteiger partial charge in [0.1, 0.15) is 0 Å². The summed E-state index contributed by atoms with van der Waals surface area (Å²) in [7, 11) is 1.71. The number of rotatable bonds is 4. The zero-order valence-electron chi connectivity index (χ0n) is 7.63. The summed E-state index contributed by atoms with van der Waals surface area (Å²) in [6.07, 6.45) is 0. The normalized spacial score (nSPS) is 9.83. The van der Waals surface area contributed by atoms with E-state index >= 15 is 0 Å². The molecule has 2 heteroatoms. The van der Waals surface area contributed by atoms with Crippen molar-refractivity contribution in [3.63, 3.8) is 0 Å². The smallest absolute Gasteiger partial charge is 0.0733 e. The monoisotopic (exact) mass is 165 g/mol. The molecule has 0 aliphatic heterocycles. The molecule has 0 spiro atoms. The molecule has 0 aromatic heterocycles. The first-order chi connectivity index (χ1) is 5.88. The van der Waals surface area contributed by atoms with E-state index in [1.54, 1.807) is 7.11 Å². The summed E-state index contributed by atoms with van der Waals surface area (Å²) in [4.78, 5) is 0. The highest BCUT2D eigenvalue weighted by Crippen LogP contribution is 2.14. The van der Waals surface area contributed by atoms with Gasteiger partial charge in [0.25, 0.3) is 0 Å². The van der Waals surface area contributed by atoms with E-state index in [2.05, 4.69) is 24.4 Å². The minimum absolute atomic E-state index is 0.670. The molecule has 0 radical (unpaired) electrons. The summed E-state index contributed by atoms with van der Waals surface area (Å²) in [6.45, 7) is 3.70. The summed E-state index contributed by atoms with van der Waals surface area (Å²) in [6, 6.07) is 8.19. The van der Waals surface area contributed by atoms with Gasteiger partial charge in [-0.2, -0.15) is 0 Å². The Morgan fingerprint density at radius 3 is 2.75 bits per heavy atom. The van der Waals surface area contributed by atoms with Crippen molar-refractivity contribution in [1.82, 2.24) is 0 Å². The highest BCUT2D eigenvalue weighted by Gasteiger charge is 1.97. The molecule has 0 unspecified atom stereocenters. The molecule has 0 fully saturated rings. The summed E-state index contributed by atoms with van der Waals surface area (Å²) in [5.41, 5.74) is 2.38. The molecule has 12 heavy (non-hydrogen) atoms. The first-order valence-corrected chi connectivity index (χ1v) is 4.19. The van der Waals surface area contributed by atoms with Crippen molar-refractivity contribution >= 4 is 5.69 Å². The Morgan fingerprint density at radius 2 is 2.08 bits per heavy atom. The third kappa shape index (κ3) is 2.24. The molecule has 1 aromatic rings. The van der Waals surface area contributed by atoms with Crippen molar-refractivity contribution in [2.24, 2.45) is 0 Å². The van der Waals surface area contributed by atoms with E-state index in [0.717, 1.165) is 6.54 Å². The molecule has 0 bridgehead atoms. The summed E-state index contributed by atoms with van der Waals surface area (Å²) >= 11 is 0. The van der Waals surface area contributed by atoms with Crippen LogP contribution >= 0.6 is 0 Å². The largest absolute Gasteiger partial charge is 0.385 e. The average Bonchev–Trinajstić information content (AvgIpc) is 2.09. The predicted molar refractivity (Wildman–Crippen MR) is 51.3 cm³/mol. The Labute approximate surface area is 73.6 Å². The molecule has 0 aliphatic rings. The highest BCUT2D eigenvalue weighted by atomic mass is 16.5. The van der Waals surface area contributed by atoms with Crippen LogP contribution in [0.5, 0.6) is 0 Å². The second kappa shape index (κ2) is 4.78. The van der Waals surface area contributed by atoms with E-state index in [9.17, 15) is 0 Å². The van der Waals surface area contributed by atoms with E-state index in [0.29, 0.717) is 6.61 Å². The Bertz CT molecular complexity index is 210. The van der Waals surface area contributed by atoms with Crippen molar-refractivity contribution in [3.05, 3.63) is 29.8 Å². The van der Waals surface area contributed by atoms with Gasteiger partial charge < -0.3 is 10.1 Å². The Kier molecular flexibility index (Phi) is 3.61. The van der Waals surface area contributed by atoms with Crippen molar-refractivity contribution in [3.8, 4) is 0 Å². The Morgan fingerprint density at radius 1 is 1.33 bits per heavy atom. The second-order valence-electron chi connectivity index (χ2n) is 2.62. The van der Waals surface area contributed by atoms with Crippen LogP contribution in [-0.2, 0) is 11.3 Å². The van der Waals surface area contributed by atoms with Crippen LogP contribution in [0.2, 0.25) is 0 Å². The van der Waals surface area contributed by atoms with Gasteiger partial charge in [0.05, 0.1) is 6.61 Å². The van der Waals surface area contributed by atoms with Crippen LogP contribution < -0.4 is 5.32 Å². The summed E-state index contributed by atoms with van der Waals surface area (Å²) < 4.78 is 5.07. The molecule has 2 nitrogen and oxygen atoms in total. The molecule has 0 amide bonds. The van der Waals surface area contributed by atoms with Crippen LogP contribution in [0.25, 0.3) is 0 Å². The maximum Gasteiger partial charge on any atom is 0.0733 e. The van der Waals surface area contributed by atoms with Crippen LogP contribution in [-0.4, -0.2) is 13.7 Å². The predicted octanol–water partition coefficient (Wildman–Crippen LogP) is 2.26. The topological polar surface area (TPSA) is 21.3 Å². The minimum atomic E-state index is 0.670. The molecule has 0 atom stereocenters. The van der Waals surface area contributed by atoms with Gasteiger partial charge in [-0.1, -0.05) is 18.2 Å². The van der Waals surface area contributed by atoms with Gasteiger partial charge in [0.15, 0.2) is 0 Å². The molecular formula is C10H15NO. The summed E-state index contributed by atoms with van der Waals surface area (Å²) in [5, 5.41) is 3.28. The number of anilines is 1. The molecule has 0 heterocycles. The molecular weight excluding hydrogens is 150 g/mol. The van der Waals surface area contributed by atoms with Crippen LogP contribution in [0.3, 0.4) is 0 Å². The van der Waals surface area contributed by atoms with Crippen LogP contribution in [0.15, 0.2) is 24.3 Å². The summed E-state index contributed by atoms with van der Waals surface area (Å²) in [5.74, 6) is 0. The SMILES string of the molecule is CCNc1ccccc1COC. The number of methoxy groups -OCH3 is 1. The Hall–Kier alpha value is -1.02. The molecule has 1 N–H and O–H groups in total. The zero-order chi connectivity index (χ0) is 8.81. The first kappa shape index (κ1) is 9.07. The van der Waals surface area contributed by atoms with Crippen molar-refractivity contribution in [2.75, 3.05) is 19.0 Å². The van der Waals surface area contributed by atoms with Crippen LogP contribution in [0, 0.1) is 0 Å². The van der Waals surface area contributed by atoms with Crippen molar-refractivity contribution in [1.29, 1.82) is 0 Å². The molecule has 66 valence electrons. The number of ether oxygens (including phenoxy) is 1. The van der Waals surface area contributed by atoms with Gasteiger partial charge in [-0.25, -0.2) is 0 Å². The maximum atomic E-state index is 5.07. The molecule has 0 saturated carbocycles. The molecule has 1 aromatic carbocycles. The quantitative estimate of drug-likeness (QED) is 0.739. The number of nitrogens with one attached hydrogen (secondary N) is 1. The van der Waals surface area contributed by atoms with E-state index in [1.165, 1.54) is 11.3 Å². The van der Waals surface area contributed by atoms with Gasteiger partial charge in [-0.3, -0.25) is 0 Å². The minimum Gasteiger partial charge on any atom is -0.385 e. The maximum absolute atomic E-state index is 5.07. The lowest BCUT2D eigenvalue weighted by molar-refractivity contribution is 0.185. The van der Waals surface area contributed by atoms with Gasteiger partial charge in [-0.15, -0.1) is 0 Å². The lowest BCUT2D eigenvalue weighted by atomic mass is 10.2. The third-order valence-electron chi connectivity index (χ3n) is 1.68. The lowest BCUT2D eigenvalue weighted by Gasteiger charge is -2.08. The van der Waals surface area contributed by atoms with E-state index in [4.69, 9.17) is 4.74 Å². The van der Waals surface area contributed by atoms with E-state index in [-0.39, 0.29) is 0 Å². The molecule has 0 aliphatic carbocycles. The number of hydrogen-bond acceptors (Lipinski definition) is 2. The first-order valence-electron chi connectivity index (χ1n) is 4.19.